The molecule has 0 saturated heterocycles. The molecule has 0 atom stereocenters. The molecule has 1 aromatic carbocycles. The Morgan fingerprint density at radius 1 is 1.44 bits per heavy atom. The molecule has 0 N–H and O–H groups in total. The molecular weight excluding hydrogens is 277 g/mol. The van der Waals surface area contributed by atoms with Gasteiger partial charge in [-0.25, -0.2) is 4.39 Å². The van der Waals surface area contributed by atoms with Crippen molar-refractivity contribution < 1.29 is 13.7 Å². The number of ether oxygens (including phenoxy) is 1. The van der Waals surface area contributed by atoms with Crippen molar-refractivity contribution in [1.29, 1.82) is 0 Å². The molecule has 0 aliphatic carbocycles. The van der Waals surface area contributed by atoms with Crippen molar-refractivity contribution in [1.82, 2.24) is 5.16 Å². The molecule has 0 aliphatic heterocycles. The molecule has 16 heavy (non-hydrogen) atoms. The molecule has 0 aliphatic rings. The summed E-state index contributed by atoms with van der Waals surface area (Å²) in [4.78, 5) is 0. The van der Waals surface area contributed by atoms with Crippen molar-refractivity contribution in [3.8, 4) is 17.1 Å². The van der Waals surface area contributed by atoms with E-state index in [0.29, 0.717) is 16.7 Å². The van der Waals surface area contributed by atoms with Crippen LogP contribution in [0.5, 0.6) is 5.75 Å². The van der Waals surface area contributed by atoms with E-state index in [0.717, 1.165) is 5.69 Å². The third kappa shape index (κ3) is 2.09. The van der Waals surface area contributed by atoms with Crippen LogP contribution in [0.1, 0.15) is 5.69 Å². The van der Waals surface area contributed by atoms with Crippen LogP contribution in [0.25, 0.3) is 11.3 Å². The zero-order chi connectivity index (χ0) is 11.5. The highest BCUT2D eigenvalue weighted by atomic mass is 79.9. The Morgan fingerprint density at radius 2 is 2.25 bits per heavy atom. The summed E-state index contributed by atoms with van der Waals surface area (Å²) in [7, 11) is 1.43. The van der Waals surface area contributed by atoms with Crippen molar-refractivity contribution in [3.05, 3.63) is 35.8 Å². The van der Waals surface area contributed by atoms with E-state index in [1.165, 1.54) is 13.2 Å². The number of methoxy groups -OCH3 is 1. The summed E-state index contributed by atoms with van der Waals surface area (Å²) in [5.74, 6) is 0.330. The van der Waals surface area contributed by atoms with Gasteiger partial charge in [-0.2, -0.15) is 0 Å². The number of benzene rings is 1. The second-order valence-corrected chi connectivity index (χ2v) is 3.73. The van der Waals surface area contributed by atoms with E-state index in [4.69, 9.17) is 9.26 Å². The summed E-state index contributed by atoms with van der Waals surface area (Å²) in [6.45, 7) is 0. The molecule has 84 valence electrons. The highest BCUT2D eigenvalue weighted by Crippen LogP contribution is 2.26. The van der Waals surface area contributed by atoms with E-state index < -0.39 is 5.82 Å². The molecular formula is C11H9BrFNO2. The van der Waals surface area contributed by atoms with Crippen LogP contribution in [-0.4, -0.2) is 12.3 Å². The van der Waals surface area contributed by atoms with Crippen LogP contribution < -0.4 is 4.74 Å². The summed E-state index contributed by atoms with van der Waals surface area (Å²) >= 11 is 3.26. The lowest BCUT2D eigenvalue weighted by Crippen LogP contribution is -1.87. The van der Waals surface area contributed by atoms with Gasteiger partial charge in [0.05, 0.1) is 12.8 Å². The Kier molecular flexibility index (Phi) is 3.24. The van der Waals surface area contributed by atoms with E-state index in [1.54, 1.807) is 18.2 Å². The maximum absolute atomic E-state index is 13.4. The molecule has 0 fully saturated rings. The van der Waals surface area contributed by atoms with Crippen molar-refractivity contribution in [2.24, 2.45) is 0 Å². The molecule has 3 nitrogen and oxygen atoms in total. The van der Waals surface area contributed by atoms with E-state index >= 15 is 0 Å². The van der Waals surface area contributed by atoms with Crippen LogP contribution in [0, 0.1) is 5.82 Å². The van der Waals surface area contributed by atoms with Gasteiger partial charge < -0.3 is 9.26 Å². The highest BCUT2D eigenvalue weighted by Gasteiger charge is 2.09. The molecule has 5 heteroatoms. The lowest BCUT2D eigenvalue weighted by Gasteiger charge is -2.02. The number of nitrogens with zero attached hydrogens (tertiary/aromatic N) is 1. The minimum absolute atomic E-state index is 0.212. The monoisotopic (exact) mass is 285 g/mol. The van der Waals surface area contributed by atoms with Gasteiger partial charge >= 0.3 is 0 Å². The van der Waals surface area contributed by atoms with Gasteiger partial charge in [0.15, 0.2) is 17.3 Å². The summed E-state index contributed by atoms with van der Waals surface area (Å²) in [5.41, 5.74) is 1.41. The van der Waals surface area contributed by atoms with E-state index in [-0.39, 0.29) is 5.75 Å². The maximum atomic E-state index is 13.4. The second kappa shape index (κ2) is 4.65. The van der Waals surface area contributed by atoms with Crippen molar-refractivity contribution >= 4 is 15.9 Å². The zero-order valence-corrected chi connectivity index (χ0v) is 10.1. The van der Waals surface area contributed by atoms with Crippen molar-refractivity contribution in [2.45, 2.75) is 5.33 Å². The topological polar surface area (TPSA) is 35.3 Å². The molecule has 0 amide bonds. The lowest BCUT2D eigenvalue weighted by molar-refractivity contribution is 0.386. The fourth-order valence-electron chi connectivity index (χ4n) is 1.33. The standard InChI is InChI=1S/C11H9BrFNO2/c1-15-10-3-2-7(4-9(10)13)11-5-8(6-12)14-16-11/h2-5H,6H2,1H3. The molecule has 0 radical (unpaired) electrons. The van der Waals surface area contributed by atoms with E-state index in [2.05, 4.69) is 21.1 Å². The predicted molar refractivity (Wildman–Crippen MR) is 61.1 cm³/mol. The molecule has 2 aromatic rings. The second-order valence-electron chi connectivity index (χ2n) is 3.17. The number of alkyl halides is 1. The first kappa shape index (κ1) is 11.1. The lowest BCUT2D eigenvalue weighted by atomic mass is 10.1. The van der Waals surface area contributed by atoms with Crippen LogP contribution in [0.15, 0.2) is 28.8 Å². The fourth-order valence-corrected chi connectivity index (χ4v) is 1.59. The van der Waals surface area contributed by atoms with E-state index in [9.17, 15) is 4.39 Å². The van der Waals surface area contributed by atoms with Gasteiger partial charge in [0, 0.05) is 17.0 Å². The molecule has 0 unspecified atom stereocenters. The number of hydrogen-bond acceptors (Lipinski definition) is 3. The van der Waals surface area contributed by atoms with Crippen LogP contribution in [0.4, 0.5) is 4.39 Å². The van der Waals surface area contributed by atoms with Crippen molar-refractivity contribution in [3.63, 3.8) is 0 Å². The number of aromatic nitrogens is 1. The Bertz CT molecular complexity index is 498. The zero-order valence-electron chi connectivity index (χ0n) is 8.54. The predicted octanol–water partition coefficient (Wildman–Crippen LogP) is 3.38. The third-order valence-electron chi connectivity index (χ3n) is 2.13. The van der Waals surface area contributed by atoms with Crippen LogP contribution >= 0.6 is 15.9 Å². The average molecular weight is 286 g/mol. The quantitative estimate of drug-likeness (QED) is 0.811. The molecule has 1 aromatic heterocycles. The van der Waals surface area contributed by atoms with Gasteiger partial charge in [-0.3, -0.25) is 0 Å². The Balaban J connectivity index is 2.37. The highest BCUT2D eigenvalue weighted by molar-refractivity contribution is 9.08. The molecule has 0 saturated carbocycles. The van der Waals surface area contributed by atoms with Crippen molar-refractivity contribution in [2.75, 3.05) is 7.11 Å². The molecule has 0 bridgehead atoms. The summed E-state index contributed by atoms with van der Waals surface area (Å²) in [6.07, 6.45) is 0. The average Bonchev–Trinajstić information content (AvgIpc) is 2.77. The molecule has 2 rings (SSSR count). The number of rotatable bonds is 3. The van der Waals surface area contributed by atoms with Crippen LogP contribution in [0.3, 0.4) is 0 Å². The number of halogens is 2. The van der Waals surface area contributed by atoms with Gasteiger partial charge in [0.1, 0.15) is 0 Å². The van der Waals surface area contributed by atoms with Gasteiger partial charge in [0.25, 0.3) is 0 Å². The maximum Gasteiger partial charge on any atom is 0.167 e. The Hall–Kier alpha value is -1.36. The first-order chi connectivity index (χ1) is 7.74. The SMILES string of the molecule is COc1ccc(-c2cc(CBr)no2)cc1F. The summed E-state index contributed by atoms with van der Waals surface area (Å²) in [6, 6.07) is 6.40. The third-order valence-corrected chi connectivity index (χ3v) is 2.71. The van der Waals surface area contributed by atoms with Gasteiger partial charge in [-0.1, -0.05) is 21.1 Å². The van der Waals surface area contributed by atoms with Crippen LogP contribution in [-0.2, 0) is 5.33 Å². The van der Waals surface area contributed by atoms with Gasteiger partial charge in [-0.05, 0) is 18.2 Å². The fraction of sp³-hybridized carbons (Fsp3) is 0.182. The van der Waals surface area contributed by atoms with Gasteiger partial charge in [0.2, 0.25) is 0 Å². The normalized spacial score (nSPS) is 10.4. The minimum atomic E-state index is -0.420. The summed E-state index contributed by atoms with van der Waals surface area (Å²) < 4.78 is 23.3. The molecule has 0 spiro atoms. The van der Waals surface area contributed by atoms with Gasteiger partial charge in [-0.15, -0.1) is 0 Å². The Labute approximate surface area is 100 Å². The first-order valence-electron chi connectivity index (χ1n) is 4.60. The smallest absolute Gasteiger partial charge is 0.167 e. The van der Waals surface area contributed by atoms with Crippen LogP contribution in [0.2, 0.25) is 0 Å². The first-order valence-corrected chi connectivity index (χ1v) is 5.72. The molecule has 1 heterocycles. The van der Waals surface area contributed by atoms with E-state index in [1.807, 2.05) is 0 Å². The number of hydrogen-bond donors (Lipinski definition) is 0. The minimum Gasteiger partial charge on any atom is -0.494 e. The summed E-state index contributed by atoms with van der Waals surface area (Å²) in [5, 5.41) is 4.41. The largest absolute Gasteiger partial charge is 0.494 e. The Morgan fingerprint density at radius 3 is 2.81 bits per heavy atom.